The number of benzene rings is 1. The number of carbonyl (C=O) groups is 1. The van der Waals surface area contributed by atoms with E-state index in [0.29, 0.717) is 0 Å². The summed E-state index contributed by atoms with van der Waals surface area (Å²) in [4.78, 5) is 10.5. The van der Waals surface area contributed by atoms with E-state index in [4.69, 9.17) is 10.2 Å². The van der Waals surface area contributed by atoms with Crippen molar-refractivity contribution in [2.45, 2.75) is 24.0 Å². The van der Waals surface area contributed by atoms with Gasteiger partial charge in [-0.15, -0.1) is 0 Å². The quantitative estimate of drug-likeness (QED) is 0.699. The van der Waals surface area contributed by atoms with Crippen molar-refractivity contribution in [3.05, 3.63) is 30.1 Å². The van der Waals surface area contributed by atoms with E-state index in [1.807, 2.05) is 4.72 Å². The summed E-state index contributed by atoms with van der Waals surface area (Å²) in [5.41, 5.74) is 0. The molecule has 0 amide bonds. The van der Waals surface area contributed by atoms with Gasteiger partial charge in [0.15, 0.2) is 0 Å². The van der Waals surface area contributed by atoms with Gasteiger partial charge < -0.3 is 10.2 Å². The van der Waals surface area contributed by atoms with Gasteiger partial charge in [0, 0.05) is 0 Å². The first-order chi connectivity index (χ1) is 8.24. The standard InChI is InChI=1S/C10H12FNO5S/c1-6(13)9(10(14)15)12-18(16,17)8-4-2-7(11)3-5-8/h2-6,9,12-13H,1H3,(H,14,15)/t6-,9-/m1/s1. The fourth-order valence-corrected chi connectivity index (χ4v) is 2.47. The minimum atomic E-state index is -4.12. The van der Waals surface area contributed by atoms with Crippen LogP contribution >= 0.6 is 0 Å². The molecule has 0 aromatic heterocycles. The molecule has 8 heteroatoms. The molecule has 3 N–H and O–H groups in total. The largest absolute Gasteiger partial charge is 0.480 e. The minimum Gasteiger partial charge on any atom is -0.480 e. The number of carboxylic acid groups (broad SMARTS) is 1. The summed E-state index contributed by atoms with van der Waals surface area (Å²) in [7, 11) is -4.12. The van der Waals surface area contributed by atoms with Crippen molar-refractivity contribution in [3.8, 4) is 0 Å². The molecule has 1 aromatic rings. The highest BCUT2D eigenvalue weighted by molar-refractivity contribution is 7.89. The van der Waals surface area contributed by atoms with Crippen molar-refractivity contribution in [2.75, 3.05) is 0 Å². The SMILES string of the molecule is C[C@@H](O)[C@@H](NS(=O)(=O)c1ccc(F)cc1)C(=O)O. The van der Waals surface area contributed by atoms with E-state index in [2.05, 4.69) is 0 Å². The van der Waals surface area contributed by atoms with Crippen LogP contribution in [0.25, 0.3) is 0 Å². The summed E-state index contributed by atoms with van der Waals surface area (Å²) >= 11 is 0. The molecule has 0 fully saturated rings. The molecule has 6 nitrogen and oxygen atoms in total. The molecule has 18 heavy (non-hydrogen) atoms. The highest BCUT2D eigenvalue weighted by atomic mass is 32.2. The molecular weight excluding hydrogens is 265 g/mol. The number of sulfonamides is 1. The lowest BCUT2D eigenvalue weighted by atomic mass is 10.2. The number of hydrogen-bond donors (Lipinski definition) is 3. The predicted molar refractivity (Wildman–Crippen MR) is 59.8 cm³/mol. The second kappa shape index (κ2) is 5.42. The number of nitrogens with one attached hydrogen (secondary N) is 1. The predicted octanol–water partition coefficient (Wildman–Crippen LogP) is -0.0620. The van der Waals surface area contributed by atoms with Crippen LogP contribution in [0.15, 0.2) is 29.2 Å². The van der Waals surface area contributed by atoms with Gasteiger partial charge in [-0.05, 0) is 31.2 Å². The summed E-state index contributed by atoms with van der Waals surface area (Å²) in [5.74, 6) is -2.12. The monoisotopic (exact) mass is 277 g/mol. The average molecular weight is 277 g/mol. The van der Waals surface area contributed by atoms with Crippen LogP contribution in [0.2, 0.25) is 0 Å². The Bertz CT molecular complexity index is 526. The summed E-state index contributed by atoms with van der Waals surface area (Å²) in [6.45, 7) is 1.14. The van der Waals surface area contributed by atoms with E-state index in [1.165, 1.54) is 0 Å². The van der Waals surface area contributed by atoms with Gasteiger partial charge >= 0.3 is 5.97 Å². The Balaban J connectivity index is 3.01. The number of aliphatic carboxylic acids is 1. The minimum absolute atomic E-state index is 0.282. The Hall–Kier alpha value is -1.51. The maximum Gasteiger partial charge on any atom is 0.324 e. The molecule has 1 aromatic carbocycles. The summed E-state index contributed by atoms with van der Waals surface area (Å²) < 4.78 is 38.0. The van der Waals surface area contributed by atoms with E-state index in [1.54, 1.807) is 0 Å². The molecule has 0 unspecified atom stereocenters. The summed E-state index contributed by atoms with van der Waals surface area (Å²) in [5, 5.41) is 17.9. The van der Waals surface area contributed by atoms with Crippen LogP contribution in [0.5, 0.6) is 0 Å². The van der Waals surface area contributed by atoms with Crippen LogP contribution in [0.3, 0.4) is 0 Å². The zero-order valence-electron chi connectivity index (χ0n) is 9.37. The Morgan fingerprint density at radius 1 is 1.33 bits per heavy atom. The van der Waals surface area contributed by atoms with Gasteiger partial charge in [-0.25, -0.2) is 12.8 Å². The van der Waals surface area contributed by atoms with E-state index in [0.717, 1.165) is 31.2 Å². The second-order valence-electron chi connectivity index (χ2n) is 3.63. The first-order valence-corrected chi connectivity index (χ1v) is 6.41. The average Bonchev–Trinajstić information content (AvgIpc) is 2.26. The molecular formula is C10H12FNO5S. The molecule has 0 aliphatic heterocycles. The van der Waals surface area contributed by atoms with E-state index < -0.39 is 34.0 Å². The maximum atomic E-state index is 12.6. The van der Waals surface area contributed by atoms with Crippen molar-refractivity contribution < 1.29 is 27.8 Å². The first kappa shape index (κ1) is 14.6. The maximum absolute atomic E-state index is 12.6. The number of aliphatic hydroxyl groups is 1. The fraction of sp³-hybridized carbons (Fsp3) is 0.300. The van der Waals surface area contributed by atoms with Crippen molar-refractivity contribution in [1.29, 1.82) is 0 Å². The van der Waals surface area contributed by atoms with Gasteiger partial charge in [0.25, 0.3) is 0 Å². The third-order valence-electron chi connectivity index (χ3n) is 2.15. The van der Waals surface area contributed by atoms with E-state index in [-0.39, 0.29) is 4.90 Å². The Morgan fingerprint density at radius 2 is 1.83 bits per heavy atom. The molecule has 0 spiro atoms. The number of carboxylic acids is 1. The Morgan fingerprint density at radius 3 is 2.22 bits per heavy atom. The highest BCUT2D eigenvalue weighted by Crippen LogP contribution is 2.11. The molecule has 0 saturated heterocycles. The van der Waals surface area contributed by atoms with Crippen LogP contribution in [-0.4, -0.2) is 36.7 Å². The highest BCUT2D eigenvalue weighted by Gasteiger charge is 2.29. The lowest BCUT2D eigenvalue weighted by molar-refractivity contribution is -0.141. The van der Waals surface area contributed by atoms with E-state index >= 15 is 0 Å². The van der Waals surface area contributed by atoms with Gasteiger partial charge in [0.2, 0.25) is 10.0 Å². The third-order valence-corrected chi connectivity index (χ3v) is 3.61. The van der Waals surface area contributed by atoms with E-state index in [9.17, 15) is 17.6 Å². The molecule has 2 atom stereocenters. The zero-order valence-corrected chi connectivity index (χ0v) is 10.2. The molecule has 0 heterocycles. The normalized spacial score (nSPS) is 15.1. The van der Waals surface area contributed by atoms with Crippen LogP contribution in [0, 0.1) is 5.82 Å². The number of aliphatic hydroxyl groups excluding tert-OH is 1. The van der Waals surface area contributed by atoms with Crippen molar-refractivity contribution >= 4 is 16.0 Å². The van der Waals surface area contributed by atoms with Crippen molar-refractivity contribution in [1.82, 2.24) is 4.72 Å². The van der Waals surface area contributed by atoms with Crippen LogP contribution < -0.4 is 4.72 Å². The second-order valence-corrected chi connectivity index (χ2v) is 5.35. The molecule has 0 bridgehead atoms. The Kier molecular flexibility index (Phi) is 4.38. The first-order valence-electron chi connectivity index (χ1n) is 4.93. The molecule has 0 aliphatic rings. The van der Waals surface area contributed by atoms with Gasteiger partial charge in [-0.1, -0.05) is 0 Å². The molecule has 0 saturated carbocycles. The van der Waals surface area contributed by atoms with Gasteiger partial charge in [0.05, 0.1) is 11.0 Å². The van der Waals surface area contributed by atoms with Crippen LogP contribution in [0.1, 0.15) is 6.92 Å². The third kappa shape index (κ3) is 3.49. The van der Waals surface area contributed by atoms with Crippen LogP contribution in [-0.2, 0) is 14.8 Å². The van der Waals surface area contributed by atoms with Gasteiger partial charge in [-0.2, -0.15) is 4.72 Å². The van der Waals surface area contributed by atoms with Crippen LogP contribution in [0.4, 0.5) is 4.39 Å². The lowest BCUT2D eigenvalue weighted by Gasteiger charge is -2.17. The molecule has 0 radical (unpaired) electrons. The number of halogens is 1. The number of rotatable bonds is 5. The Labute approximate surface area is 103 Å². The van der Waals surface area contributed by atoms with Gasteiger partial charge in [0.1, 0.15) is 11.9 Å². The smallest absolute Gasteiger partial charge is 0.324 e. The molecule has 1 rings (SSSR count). The number of hydrogen-bond acceptors (Lipinski definition) is 4. The lowest BCUT2D eigenvalue weighted by Crippen LogP contribution is -2.47. The topological polar surface area (TPSA) is 104 Å². The van der Waals surface area contributed by atoms with Crippen molar-refractivity contribution in [2.24, 2.45) is 0 Å². The van der Waals surface area contributed by atoms with Gasteiger partial charge in [-0.3, -0.25) is 4.79 Å². The summed E-state index contributed by atoms with van der Waals surface area (Å²) in [6.07, 6.45) is -1.40. The molecule has 100 valence electrons. The van der Waals surface area contributed by atoms with Crippen molar-refractivity contribution in [3.63, 3.8) is 0 Å². The zero-order chi connectivity index (χ0) is 13.9. The molecule has 0 aliphatic carbocycles. The summed E-state index contributed by atoms with van der Waals surface area (Å²) in [6, 6.07) is 2.21. The fourth-order valence-electron chi connectivity index (χ4n) is 1.20.